The molecule has 1 aliphatic rings. The fourth-order valence-electron chi connectivity index (χ4n) is 3.46. The first kappa shape index (κ1) is 20.5. The number of H-pyrrole nitrogens is 1. The van der Waals surface area contributed by atoms with Crippen molar-refractivity contribution >= 4 is 28.6 Å². The Labute approximate surface area is 167 Å². The van der Waals surface area contributed by atoms with E-state index in [4.69, 9.17) is 5.73 Å². The Morgan fingerprint density at radius 2 is 2.00 bits per heavy atom. The molecule has 0 saturated carbocycles. The van der Waals surface area contributed by atoms with Crippen LogP contribution in [0.2, 0.25) is 0 Å². The molecule has 0 aliphatic carbocycles. The highest BCUT2D eigenvalue weighted by atomic mass is 16.2. The molecular weight excluding hydrogens is 374 g/mol. The predicted molar refractivity (Wildman–Crippen MR) is 108 cm³/mol. The van der Waals surface area contributed by atoms with Gasteiger partial charge in [0.05, 0.1) is 12.5 Å². The Morgan fingerprint density at radius 3 is 2.79 bits per heavy atom. The molecule has 2 heterocycles. The van der Waals surface area contributed by atoms with Gasteiger partial charge in [0.1, 0.15) is 5.56 Å². The number of likely N-dealkylation sites (tertiary alicyclic amines) is 1. The zero-order valence-electron chi connectivity index (χ0n) is 16.1. The Balaban J connectivity index is 1.59. The molecule has 1 saturated heterocycles. The number of rotatable bonds is 6. The molecule has 1 aliphatic heterocycles. The summed E-state index contributed by atoms with van der Waals surface area (Å²) < 4.78 is 0. The third-order valence-electron chi connectivity index (χ3n) is 5.02. The summed E-state index contributed by atoms with van der Waals surface area (Å²) >= 11 is 0. The van der Waals surface area contributed by atoms with Gasteiger partial charge in [-0.15, -0.1) is 0 Å². The lowest BCUT2D eigenvalue weighted by atomic mass is 9.97. The van der Waals surface area contributed by atoms with E-state index in [1.54, 1.807) is 29.2 Å². The number of benzene rings is 1. The van der Waals surface area contributed by atoms with Crippen molar-refractivity contribution in [2.24, 2.45) is 11.7 Å². The monoisotopic (exact) mass is 399 g/mol. The minimum Gasteiger partial charge on any atom is -0.360 e. The number of carbonyl (C=O) groups excluding carboxylic acids is 3. The highest BCUT2D eigenvalue weighted by molar-refractivity contribution is 5.98. The van der Waals surface area contributed by atoms with Gasteiger partial charge < -0.3 is 26.3 Å². The van der Waals surface area contributed by atoms with Crippen molar-refractivity contribution in [2.45, 2.75) is 12.8 Å². The number of nitrogens with zero attached hydrogens (tertiary/aromatic N) is 1. The number of pyridine rings is 1. The topological polar surface area (TPSA) is 137 Å². The lowest BCUT2D eigenvalue weighted by Crippen LogP contribution is -2.49. The average molecular weight is 399 g/mol. The van der Waals surface area contributed by atoms with Crippen LogP contribution in [0.15, 0.2) is 35.3 Å². The fraction of sp³-hybridized carbons (Fsp3) is 0.400. The standard InChI is InChI=1S/C20H25N5O4/c21-7-8-22-19(28)13-4-3-9-25(12-13)17(26)11-24-20(29)15-10-23-16-6-2-1-5-14(16)18(15)27/h1-2,5-6,10,13H,3-4,7-9,11-12,21H2,(H,22,28)(H,23,27)(H,24,29). The van der Waals surface area contributed by atoms with Gasteiger partial charge in [-0.3, -0.25) is 19.2 Å². The first-order valence-electron chi connectivity index (χ1n) is 9.65. The van der Waals surface area contributed by atoms with Crippen molar-refractivity contribution < 1.29 is 14.4 Å². The van der Waals surface area contributed by atoms with Crippen molar-refractivity contribution in [1.29, 1.82) is 0 Å². The Morgan fingerprint density at radius 1 is 1.21 bits per heavy atom. The first-order valence-corrected chi connectivity index (χ1v) is 9.65. The lowest BCUT2D eigenvalue weighted by Gasteiger charge is -2.32. The molecule has 1 aromatic carbocycles. The number of aromatic amines is 1. The number of aromatic nitrogens is 1. The molecule has 2 aromatic rings. The Hall–Kier alpha value is -3.20. The number of hydrogen-bond acceptors (Lipinski definition) is 5. The molecule has 9 nitrogen and oxygen atoms in total. The van der Waals surface area contributed by atoms with E-state index >= 15 is 0 Å². The predicted octanol–water partition coefficient (Wildman–Crippen LogP) is -0.429. The van der Waals surface area contributed by atoms with Crippen LogP contribution in [-0.2, 0) is 9.59 Å². The van der Waals surface area contributed by atoms with Crippen LogP contribution in [0.4, 0.5) is 0 Å². The van der Waals surface area contributed by atoms with E-state index in [1.807, 2.05) is 0 Å². The van der Waals surface area contributed by atoms with Gasteiger partial charge in [-0.25, -0.2) is 0 Å². The second-order valence-electron chi connectivity index (χ2n) is 7.02. The van der Waals surface area contributed by atoms with Gasteiger partial charge >= 0.3 is 0 Å². The number of carbonyl (C=O) groups is 3. The SMILES string of the molecule is NCCNC(=O)C1CCCN(C(=O)CNC(=O)c2c[nH]c3ccccc3c2=O)C1. The van der Waals surface area contributed by atoms with E-state index in [9.17, 15) is 19.2 Å². The van der Waals surface area contributed by atoms with E-state index in [-0.39, 0.29) is 35.3 Å². The number of piperidine rings is 1. The summed E-state index contributed by atoms with van der Waals surface area (Å²) in [6.07, 6.45) is 2.77. The summed E-state index contributed by atoms with van der Waals surface area (Å²) in [5.41, 5.74) is 5.59. The third-order valence-corrected chi connectivity index (χ3v) is 5.02. The highest BCUT2D eigenvalue weighted by Gasteiger charge is 2.28. The quantitative estimate of drug-likeness (QED) is 0.522. The van der Waals surface area contributed by atoms with Crippen LogP contribution in [0.3, 0.4) is 0 Å². The van der Waals surface area contributed by atoms with Crippen LogP contribution in [0, 0.1) is 5.92 Å². The van der Waals surface area contributed by atoms with E-state index < -0.39 is 5.91 Å². The molecular formula is C20H25N5O4. The largest absolute Gasteiger partial charge is 0.360 e. The molecule has 1 unspecified atom stereocenters. The second-order valence-corrected chi connectivity index (χ2v) is 7.02. The maximum atomic E-state index is 12.5. The van der Waals surface area contributed by atoms with Gasteiger partial charge in [0.2, 0.25) is 17.2 Å². The Kier molecular flexibility index (Phi) is 6.61. The summed E-state index contributed by atoms with van der Waals surface area (Å²) in [4.78, 5) is 54.0. The number of nitrogens with one attached hydrogen (secondary N) is 3. The van der Waals surface area contributed by atoms with E-state index in [1.165, 1.54) is 6.20 Å². The van der Waals surface area contributed by atoms with Crippen molar-refractivity contribution in [1.82, 2.24) is 20.5 Å². The molecule has 1 fully saturated rings. The average Bonchev–Trinajstić information content (AvgIpc) is 2.76. The minimum absolute atomic E-state index is 0.0471. The van der Waals surface area contributed by atoms with Crippen molar-refractivity contribution in [3.63, 3.8) is 0 Å². The normalized spacial score (nSPS) is 16.4. The van der Waals surface area contributed by atoms with Gasteiger partial charge in [0, 0.05) is 43.3 Å². The molecule has 5 N–H and O–H groups in total. The molecule has 1 aromatic heterocycles. The molecule has 154 valence electrons. The highest BCUT2D eigenvalue weighted by Crippen LogP contribution is 2.16. The summed E-state index contributed by atoms with van der Waals surface area (Å²) in [5, 5.41) is 5.67. The Bertz CT molecular complexity index is 971. The zero-order chi connectivity index (χ0) is 20.8. The molecule has 0 radical (unpaired) electrons. The maximum Gasteiger partial charge on any atom is 0.257 e. The van der Waals surface area contributed by atoms with Gasteiger partial charge in [-0.2, -0.15) is 0 Å². The maximum absolute atomic E-state index is 12.5. The van der Waals surface area contributed by atoms with Gasteiger partial charge in [0.25, 0.3) is 5.91 Å². The molecule has 3 amide bonds. The van der Waals surface area contributed by atoms with Crippen molar-refractivity contribution in [3.8, 4) is 0 Å². The number of hydrogen-bond donors (Lipinski definition) is 4. The zero-order valence-corrected chi connectivity index (χ0v) is 16.1. The van der Waals surface area contributed by atoms with Crippen LogP contribution in [0.1, 0.15) is 23.2 Å². The van der Waals surface area contributed by atoms with Crippen LogP contribution in [0.25, 0.3) is 10.9 Å². The molecule has 9 heteroatoms. The van der Waals surface area contributed by atoms with Gasteiger partial charge in [-0.1, -0.05) is 12.1 Å². The molecule has 3 rings (SSSR count). The summed E-state index contributed by atoms with van der Waals surface area (Å²) in [7, 11) is 0. The number of fused-ring (bicyclic) bond motifs is 1. The fourth-order valence-corrected chi connectivity index (χ4v) is 3.46. The third kappa shape index (κ3) is 4.80. The molecule has 29 heavy (non-hydrogen) atoms. The van der Waals surface area contributed by atoms with Crippen LogP contribution < -0.4 is 21.8 Å². The molecule has 1 atom stereocenters. The second kappa shape index (κ2) is 9.33. The van der Waals surface area contributed by atoms with E-state index in [0.717, 1.165) is 0 Å². The smallest absolute Gasteiger partial charge is 0.257 e. The van der Waals surface area contributed by atoms with Gasteiger partial charge in [-0.05, 0) is 25.0 Å². The van der Waals surface area contributed by atoms with Crippen LogP contribution in [-0.4, -0.2) is 60.3 Å². The minimum atomic E-state index is -0.611. The number of amides is 3. The first-order chi connectivity index (χ1) is 14.0. The number of para-hydroxylation sites is 1. The molecule has 0 spiro atoms. The number of nitrogens with two attached hydrogens (primary N) is 1. The van der Waals surface area contributed by atoms with Crippen molar-refractivity contribution in [3.05, 3.63) is 46.2 Å². The van der Waals surface area contributed by atoms with E-state index in [0.29, 0.717) is 49.9 Å². The summed E-state index contributed by atoms with van der Waals surface area (Å²) in [6.45, 7) is 1.37. The summed E-state index contributed by atoms with van der Waals surface area (Å²) in [5.74, 6) is -1.29. The van der Waals surface area contributed by atoms with E-state index in [2.05, 4.69) is 15.6 Å². The van der Waals surface area contributed by atoms with Crippen LogP contribution in [0.5, 0.6) is 0 Å². The summed E-state index contributed by atoms with van der Waals surface area (Å²) in [6, 6.07) is 6.90. The van der Waals surface area contributed by atoms with Crippen molar-refractivity contribution in [2.75, 3.05) is 32.7 Å². The lowest BCUT2D eigenvalue weighted by molar-refractivity contribution is -0.134. The van der Waals surface area contributed by atoms with Crippen LogP contribution >= 0.6 is 0 Å². The molecule has 0 bridgehead atoms. The van der Waals surface area contributed by atoms with Gasteiger partial charge in [0.15, 0.2) is 0 Å².